The highest BCUT2D eigenvalue weighted by molar-refractivity contribution is 5.30. The Morgan fingerprint density at radius 3 is 2.81 bits per heavy atom. The summed E-state index contributed by atoms with van der Waals surface area (Å²) < 4.78 is 7.84. The lowest BCUT2D eigenvalue weighted by Crippen LogP contribution is -2.21. The largest absolute Gasteiger partial charge is 0.485 e. The number of rotatable bonds is 2. The molecule has 90 valence electrons. The van der Waals surface area contributed by atoms with Crippen LogP contribution in [0.15, 0.2) is 6.20 Å². The fraction of sp³-hybridized carbons (Fsp3) is 0.750. The van der Waals surface area contributed by atoms with Crippen LogP contribution in [0.2, 0.25) is 0 Å². The summed E-state index contributed by atoms with van der Waals surface area (Å²) in [5.41, 5.74) is 1.07. The van der Waals surface area contributed by atoms with Crippen LogP contribution in [0, 0.1) is 0 Å². The van der Waals surface area contributed by atoms with E-state index in [1.165, 1.54) is 0 Å². The second-order valence-electron chi connectivity index (χ2n) is 5.50. The zero-order valence-corrected chi connectivity index (χ0v) is 10.6. The van der Waals surface area contributed by atoms with E-state index >= 15 is 0 Å². The maximum Gasteiger partial charge on any atom is 0.161 e. The molecule has 4 heteroatoms. The molecule has 16 heavy (non-hydrogen) atoms. The Hall–Kier alpha value is -1.03. The molecule has 0 amide bonds. The van der Waals surface area contributed by atoms with Gasteiger partial charge in [0.25, 0.3) is 0 Å². The summed E-state index contributed by atoms with van der Waals surface area (Å²) in [6, 6.07) is 0. The van der Waals surface area contributed by atoms with Gasteiger partial charge in [-0.3, -0.25) is 4.68 Å². The van der Waals surface area contributed by atoms with Crippen molar-refractivity contribution in [1.29, 1.82) is 0 Å². The van der Waals surface area contributed by atoms with Crippen molar-refractivity contribution in [3.05, 3.63) is 11.9 Å². The molecular weight excluding hydrogens is 202 g/mol. The summed E-state index contributed by atoms with van der Waals surface area (Å²) in [7, 11) is 1.94. The highest BCUT2D eigenvalue weighted by Gasteiger charge is 2.25. The van der Waals surface area contributed by atoms with Crippen LogP contribution >= 0.6 is 0 Å². The number of ether oxygens (including phenoxy) is 1. The van der Waals surface area contributed by atoms with Gasteiger partial charge in [-0.1, -0.05) is 20.8 Å². The van der Waals surface area contributed by atoms with E-state index in [0.717, 1.165) is 31.0 Å². The summed E-state index contributed by atoms with van der Waals surface area (Å²) in [6.07, 6.45) is 3.35. The molecule has 2 heterocycles. The van der Waals surface area contributed by atoms with Crippen LogP contribution in [-0.2, 0) is 12.5 Å². The minimum atomic E-state index is 0.0304. The van der Waals surface area contributed by atoms with Crippen molar-refractivity contribution in [3.63, 3.8) is 0 Å². The van der Waals surface area contributed by atoms with Gasteiger partial charge in [-0.25, -0.2) is 0 Å². The van der Waals surface area contributed by atoms with Crippen LogP contribution in [0.4, 0.5) is 0 Å². The van der Waals surface area contributed by atoms with E-state index in [0.29, 0.717) is 6.10 Å². The van der Waals surface area contributed by atoms with Crippen molar-refractivity contribution in [1.82, 2.24) is 15.1 Å². The number of nitrogens with one attached hydrogen (secondary N) is 1. The van der Waals surface area contributed by atoms with Gasteiger partial charge in [0.15, 0.2) is 5.75 Å². The molecule has 1 aliphatic rings. The molecule has 0 aliphatic carbocycles. The number of hydrogen-bond acceptors (Lipinski definition) is 3. The first-order valence-electron chi connectivity index (χ1n) is 5.88. The Labute approximate surface area is 97.0 Å². The molecule has 1 aliphatic heterocycles. The van der Waals surface area contributed by atoms with Crippen molar-refractivity contribution in [2.75, 3.05) is 13.1 Å². The van der Waals surface area contributed by atoms with Crippen LogP contribution in [0.25, 0.3) is 0 Å². The van der Waals surface area contributed by atoms with E-state index in [2.05, 4.69) is 31.2 Å². The van der Waals surface area contributed by atoms with Crippen LogP contribution in [0.1, 0.15) is 32.9 Å². The van der Waals surface area contributed by atoms with E-state index < -0.39 is 0 Å². The van der Waals surface area contributed by atoms with Gasteiger partial charge in [-0.2, -0.15) is 5.10 Å². The first-order valence-corrected chi connectivity index (χ1v) is 5.88. The van der Waals surface area contributed by atoms with Crippen molar-refractivity contribution < 1.29 is 4.74 Å². The quantitative estimate of drug-likeness (QED) is 0.825. The topological polar surface area (TPSA) is 39.1 Å². The predicted octanol–water partition coefficient (Wildman–Crippen LogP) is 1.46. The van der Waals surface area contributed by atoms with Gasteiger partial charge in [0.2, 0.25) is 0 Å². The molecule has 0 saturated carbocycles. The third-order valence-corrected chi connectivity index (χ3v) is 2.81. The molecule has 1 fully saturated rings. The van der Waals surface area contributed by atoms with Gasteiger partial charge in [0, 0.05) is 19.0 Å². The van der Waals surface area contributed by atoms with E-state index in [1.807, 2.05) is 17.9 Å². The fourth-order valence-electron chi connectivity index (χ4n) is 1.98. The summed E-state index contributed by atoms with van der Waals surface area (Å²) >= 11 is 0. The molecule has 1 N–H and O–H groups in total. The minimum Gasteiger partial charge on any atom is -0.485 e. The minimum absolute atomic E-state index is 0.0304. The lowest BCUT2D eigenvalue weighted by atomic mass is 9.92. The predicted molar refractivity (Wildman–Crippen MR) is 63.8 cm³/mol. The van der Waals surface area contributed by atoms with Crippen LogP contribution < -0.4 is 10.1 Å². The van der Waals surface area contributed by atoms with Crippen LogP contribution in [0.5, 0.6) is 5.75 Å². The van der Waals surface area contributed by atoms with Crippen LogP contribution in [0.3, 0.4) is 0 Å². The fourth-order valence-corrected chi connectivity index (χ4v) is 1.98. The molecule has 0 radical (unpaired) electrons. The smallest absolute Gasteiger partial charge is 0.161 e. The SMILES string of the molecule is Cn1cc(OC2CCNC2)c(C(C)(C)C)n1. The monoisotopic (exact) mass is 223 g/mol. The third kappa shape index (κ3) is 2.38. The van der Waals surface area contributed by atoms with Gasteiger partial charge < -0.3 is 10.1 Å². The Bertz CT molecular complexity index is 359. The van der Waals surface area contributed by atoms with Gasteiger partial charge in [0.1, 0.15) is 11.8 Å². The summed E-state index contributed by atoms with van der Waals surface area (Å²) in [4.78, 5) is 0. The van der Waals surface area contributed by atoms with Gasteiger partial charge in [-0.15, -0.1) is 0 Å². The molecule has 0 aromatic carbocycles. The molecule has 1 unspecified atom stereocenters. The van der Waals surface area contributed by atoms with Gasteiger partial charge in [0.05, 0.1) is 6.20 Å². The number of aromatic nitrogens is 2. The number of nitrogens with zero attached hydrogens (tertiary/aromatic N) is 2. The van der Waals surface area contributed by atoms with Crippen molar-refractivity contribution in [2.24, 2.45) is 7.05 Å². The third-order valence-electron chi connectivity index (χ3n) is 2.81. The van der Waals surface area contributed by atoms with Gasteiger partial charge >= 0.3 is 0 Å². The van der Waals surface area contributed by atoms with Crippen molar-refractivity contribution >= 4 is 0 Å². The molecular formula is C12H21N3O. The summed E-state index contributed by atoms with van der Waals surface area (Å²) in [6.45, 7) is 8.48. The zero-order chi connectivity index (χ0) is 11.8. The molecule has 1 aromatic rings. The highest BCUT2D eigenvalue weighted by Crippen LogP contribution is 2.30. The van der Waals surface area contributed by atoms with E-state index in [1.54, 1.807) is 0 Å². The Balaban J connectivity index is 2.19. The zero-order valence-electron chi connectivity index (χ0n) is 10.6. The maximum absolute atomic E-state index is 6.01. The summed E-state index contributed by atoms with van der Waals surface area (Å²) in [5, 5.41) is 7.80. The van der Waals surface area contributed by atoms with E-state index in [-0.39, 0.29) is 5.41 Å². The Kier molecular flexibility index (Phi) is 2.93. The number of aryl methyl sites for hydroxylation is 1. The summed E-state index contributed by atoms with van der Waals surface area (Å²) in [5.74, 6) is 0.934. The Morgan fingerprint density at radius 2 is 2.25 bits per heavy atom. The second kappa shape index (κ2) is 4.09. The van der Waals surface area contributed by atoms with Crippen LogP contribution in [-0.4, -0.2) is 29.0 Å². The van der Waals surface area contributed by atoms with E-state index in [9.17, 15) is 0 Å². The van der Waals surface area contributed by atoms with Gasteiger partial charge in [-0.05, 0) is 13.0 Å². The molecule has 1 atom stereocenters. The lowest BCUT2D eigenvalue weighted by Gasteiger charge is -2.19. The second-order valence-corrected chi connectivity index (χ2v) is 5.50. The molecule has 1 saturated heterocycles. The Morgan fingerprint density at radius 1 is 1.50 bits per heavy atom. The maximum atomic E-state index is 6.01. The van der Waals surface area contributed by atoms with Crippen molar-refractivity contribution in [2.45, 2.75) is 38.7 Å². The average molecular weight is 223 g/mol. The van der Waals surface area contributed by atoms with Crippen molar-refractivity contribution in [3.8, 4) is 5.75 Å². The molecule has 1 aromatic heterocycles. The lowest BCUT2D eigenvalue weighted by molar-refractivity contribution is 0.218. The number of hydrogen-bond donors (Lipinski definition) is 1. The standard InChI is InChI=1S/C12H21N3O/c1-12(2,3)11-10(8-15(4)14-11)16-9-5-6-13-7-9/h8-9,13H,5-7H2,1-4H3. The molecule has 4 nitrogen and oxygen atoms in total. The normalized spacial score (nSPS) is 21.4. The highest BCUT2D eigenvalue weighted by atomic mass is 16.5. The molecule has 2 rings (SSSR count). The van der Waals surface area contributed by atoms with E-state index in [4.69, 9.17) is 4.74 Å². The molecule has 0 bridgehead atoms. The first-order chi connectivity index (χ1) is 7.47. The average Bonchev–Trinajstić information content (AvgIpc) is 2.74. The molecule has 0 spiro atoms. The first kappa shape index (κ1) is 11.5.